The maximum Gasteiger partial charge on any atom is 0.232 e. The van der Waals surface area contributed by atoms with E-state index in [1.54, 1.807) is 19.5 Å². The van der Waals surface area contributed by atoms with Crippen LogP contribution in [0.2, 0.25) is 0 Å². The summed E-state index contributed by atoms with van der Waals surface area (Å²) in [6.07, 6.45) is 5.22. The molecule has 0 aliphatic heterocycles. The third-order valence-corrected chi connectivity index (χ3v) is 2.98. The van der Waals surface area contributed by atoms with Crippen molar-refractivity contribution in [3.8, 4) is 5.88 Å². The maximum absolute atomic E-state index is 5.12. The van der Waals surface area contributed by atoms with Gasteiger partial charge in [0.2, 0.25) is 11.8 Å². The molecule has 2 aromatic rings. The number of methoxy groups -OCH3 is 1. The van der Waals surface area contributed by atoms with Crippen molar-refractivity contribution in [1.29, 1.82) is 0 Å². The lowest BCUT2D eigenvalue weighted by Crippen LogP contribution is -2.10. The van der Waals surface area contributed by atoms with Crippen LogP contribution in [-0.2, 0) is 0 Å². The number of anilines is 1. The Balaban J connectivity index is 2.14. The first-order valence-electron chi connectivity index (χ1n) is 5.43. The van der Waals surface area contributed by atoms with E-state index in [1.165, 1.54) is 0 Å². The Labute approximate surface area is 114 Å². The van der Waals surface area contributed by atoms with Gasteiger partial charge in [0, 0.05) is 12.4 Å². The van der Waals surface area contributed by atoms with Crippen molar-refractivity contribution >= 4 is 21.9 Å². The first-order valence-corrected chi connectivity index (χ1v) is 6.23. The Morgan fingerprint density at radius 2 is 2.22 bits per heavy atom. The van der Waals surface area contributed by atoms with E-state index in [0.29, 0.717) is 11.8 Å². The molecular formula is C12H13BrN4O. The van der Waals surface area contributed by atoms with E-state index in [0.717, 1.165) is 10.0 Å². The minimum Gasteiger partial charge on any atom is -0.480 e. The van der Waals surface area contributed by atoms with Crippen LogP contribution in [-0.4, -0.2) is 22.1 Å². The molecule has 0 saturated heterocycles. The molecule has 0 amide bonds. The molecular weight excluding hydrogens is 296 g/mol. The quantitative estimate of drug-likeness (QED) is 0.941. The Bertz CT molecular complexity index is 521. The van der Waals surface area contributed by atoms with Crippen molar-refractivity contribution in [2.75, 3.05) is 12.4 Å². The molecule has 1 atom stereocenters. The molecule has 0 saturated carbocycles. The summed E-state index contributed by atoms with van der Waals surface area (Å²) in [5, 5.41) is 3.20. The highest BCUT2D eigenvalue weighted by Crippen LogP contribution is 2.23. The number of aromatic nitrogens is 3. The Morgan fingerprint density at radius 1 is 1.39 bits per heavy atom. The largest absolute Gasteiger partial charge is 0.480 e. The number of ether oxygens (including phenoxy) is 1. The number of nitrogens with one attached hydrogen (secondary N) is 1. The fourth-order valence-electron chi connectivity index (χ4n) is 1.47. The third kappa shape index (κ3) is 2.95. The van der Waals surface area contributed by atoms with Crippen molar-refractivity contribution in [2.24, 2.45) is 0 Å². The van der Waals surface area contributed by atoms with Crippen LogP contribution in [0.3, 0.4) is 0 Å². The van der Waals surface area contributed by atoms with Crippen molar-refractivity contribution in [1.82, 2.24) is 15.0 Å². The molecule has 1 unspecified atom stereocenters. The third-order valence-electron chi connectivity index (χ3n) is 2.44. The van der Waals surface area contributed by atoms with Crippen LogP contribution in [0.15, 0.2) is 35.2 Å². The predicted molar refractivity (Wildman–Crippen MR) is 72.6 cm³/mol. The smallest absolute Gasteiger partial charge is 0.232 e. The Kier molecular flexibility index (Phi) is 4.09. The summed E-state index contributed by atoms with van der Waals surface area (Å²) in [6, 6.07) is 3.97. The van der Waals surface area contributed by atoms with Crippen LogP contribution < -0.4 is 10.1 Å². The molecule has 0 bridgehead atoms. The number of halogens is 1. The molecule has 2 rings (SSSR count). The van der Waals surface area contributed by atoms with Crippen LogP contribution in [0.5, 0.6) is 5.88 Å². The minimum atomic E-state index is 0.0737. The molecule has 0 aromatic carbocycles. The lowest BCUT2D eigenvalue weighted by Gasteiger charge is -2.14. The molecule has 94 valence electrons. The summed E-state index contributed by atoms with van der Waals surface area (Å²) in [6.45, 7) is 2.02. The zero-order valence-corrected chi connectivity index (χ0v) is 11.7. The first-order chi connectivity index (χ1) is 8.70. The van der Waals surface area contributed by atoms with E-state index in [4.69, 9.17) is 4.74 Å². The van der Waals surface area contributed by atoms with Gasteiger partial charge in [0.15, 0.2) is 0 Å². The van der Waals surface area contributed by atoms with E-state index in [9.17, 15) is 0 Å². The van der Waals surface area contributed by atoms with E-state index < -0.39 is 0 Å². The highest BCUT2D eigenvalue weighted by atomic mass is 79.9. The predicted octanol–water partition coefficient (Wildman–Crippen LogP) is 2.82. The number of pyridine rings is 1. The lowest BCUT2D eigenvalue weighted by molar-refractivity contribution is 0.394. The van der Waals surface area contributed by atoms with Gasteiger partial charge in [0.25, 0.3) is 0 Å². The van der Waals surface area contributed by atoms with Gasteiger partial charge in [0.05, 0.1) is 23.8 Å². The van der Waals surface area contributed by atoms with Crippen LogP contribution in [0.25, 0.3) is 0 Å². The molecule has 0 aliphatic carbocycles. The highest BCUT2D eigenvalue weighted by molar-refractivity contribution is 9.10. The molecule has 2 heterocycles. The summed E-state index contributed by atoms with van der Waals surface area (Å²) in [4.78, 5) is 12.5. The van der Waals surface area contributed by atoms with E-state index >= 15 is 0 Å². The fraction of sp³-hybridized carbons (Fsp3) is 0.250. The van der Waals surface area contributed by atoms with Crippen molar-refractivity contribution in [3.05, 3.63) is 40.8 Å². The molecule has 5 nitrogen and oxygen atoms in total. The number of hydrogen-bond acceptors (Lipinski definition) is 5. The summed E-state index contributed by atoms with van der Waals surface area (Å²) < 4.78 is 5.85. The van der Waals surface area contributed by atoms with Gasteiger partial charge in [-0.15, -0.1) is 0 Å². The first kappa shape index (κ1) is 12.8. The summed E-state index contributed by atoms with van der Waals surface area (Å²) in [5.74, 6) is 1.03. The van der Waals surface area contributed by atoms with Gasteiger partial charge in [-0.3, -0.25) is 4.98 Å². The summed E-state index contributed by atoms with van der Waals surface area (Å²) in [7, 11) is 1.57. The van der Waals surface area contributed by atoms with Gasteiger partial charge < -0.3 is 10.1 Å². The molecule has 2 aromatic heterocycles. The number of hydrogen-bond donors (Lipinski definition) is 1. The van der Waals surface area contributed by atoms with Crippen LogP contribution in [0, 0.1) is 0 Å². The summed E-state index contributed by atoms with van der Waals surface area (Å²) in [5.41, 5.74) is 1.07. The van der Waals surface area contributed by atoms with Crippen molar-refractivity contribution in [3.63, 3.8) is 0 Å². The van der Waals surface area contributed by atoms with Gasteiger partial charge in [-0.2, -0.15) is 4.98 Å². The highest BCUT2D eigenvalue weighted by Gasteiger charge is 2.09. The SMILES string of the molecule is COc1nc(NC(C)c2cccnc2)ncc1Br. The average molecular weight is 309 g/mol. The second kappa shape index (κ2) is 5.77. The zero-order valence-electron chi connectivity index (χ0n) is 10.1. The standard InChI is InChI=1S/C12H13BrN4O/c1-8(9-4-3-5-14-6-9)16-12-15-7-10(13)11(17-12)18-2/h3-8H,1-2H3,(H,15,16,17). The van der Waals surface area contributed by atoms with Gasteiger partial charge in [-0.05, 0) is 34.5 Å². The monoisotopic (exact) mass is 308 g/mol. The normalized spacial score (nSPS) is 11.9. The molecule has 18 heavy (non-hydrogen) atoms. The molecule has 0 radical (unpaired) electrons. The summed E-state index contributed by atoms with van der Waals surface area (Å²) >= 11 is 3.31. The number of nitrogens with zero attached hydrogens (tertiary/aromatic N) is 3. The molecule has 6 heteroatoms. The second-order valence-corrected chi connectivity index (χ2v) is 4.56. The van der Waals surface area contributed by atoms with Gasteiger partial charge >= 0.3 is 0 Å². The van der Waals surface area contributed by atoms with E-state index in [-0.39, 0.29) is 6.04 Å². The zero-order chi connectivity index (χ0) is 13.0. The van der Waals surface area contributed by atoms with Gasteiger partial charge in [0.1, 0.15) is 0 Å². The molecule has 1 N–H and O–H groups in total. The molecule has 0 spiro atoms. The Hall–Kier alpha value is -1.69. The second-order valence-electron chi connectivity index (χ2n) is 3.70. The van der Waals surface area contributed by atoms with Crippen LogP contribution >= 0.6 is 15.9 Å². The fourth-order valence-corrected chi connectivity index (χ4v) is 1.83. The van der Waals surface area contributed by atoms with E-state index in [1.807, 2.05) is 25.3 Å². The van der Waals surface area contributed by atoms with Crippen LogP contribution in [0.1, 0.15) is 18.5 Å². The van der Waals surface area contributed by atoms with E-state index in [2.05, 4.69) is 36.2 Å². The van der Waals surface area contributed by atoms with Gasteiger partial charge in [-0.25, -0.2) is 4.98 Å². The van der Waals surface area contributed by atoms with Gasteiger partial charge in [-0.1, -0.05) is 6.07 Å². The topological polar surface area (TPSA) is 59.9 Å². The average Bonchev–Trinajstić information content (AvgIpc) is 2.42. The maximum atomic E-state index is 5.12. The van der Waals surface area contributed by atoms with Crippen LogP contribution in [0.4, 0.5) is 5.95 Å². The van der Waals surface area contributed by atoms with Crippen molar-refractivity contribution < 1.29 is 4.74 Å². The Morgan fingerprint density at radius 3 is 2.89 bits per heavy atom. The number of rotatable bonds is 4. The molecule has 0 fully saturated rings. The molecule has 0 aliphatic rings. The lowest BCUT2D eigenvalue weighted by atomic mass is 10.1. The minimum absolute atomic E-state index is 0.0737. The van der Waals surface area contributed by atoms with Crippen molar-refractivity contribution in [2.45, 2.75) is 13.0 Å².